The van der Waals surface area contributed by atoms with E-state index in [1.807, 2.05) is 0 Å². The van der Waals surface area contributed by atoms with Crippen LogP contribution in [-0.4, -0.2) is 21.9 Å². The standard InChI is InChI=1S/C12H13N2O6P/c15-11(5-6-12(16)17)13-7-9-1-3-10(4-2-9)8-21(19,20)14-18/h1-6H,7-8H2,(H,13,15)(H,16,17)(H,19,20)/b6-5-. The molecule has 0 aliphatic heterocycles. The highest BCUT2D eigenvalue weighted by Crippen LogP contribution is 2.45. The first-order chi connectivity index (χ1) is 9.82. The van der Waals surface area contributed by atoms with Crippen LogP contribution in [0, 0.1) is 4.91 Å². The summed E-state index contributed by atoms with van der Waals surface area (Å²) in [4.78, 5) is 42.8. The number of carbonyl (C=O) groups is 2. The van der Waals surface area contributed by atoms with Gasteiger partial charge < -0.3 is 15.3 Å². The lowest BCUT2D eigenvalue weighted by Gasteiger charge is -2.05. The number of carboxylic acids is 1. The lowest BCUT2D eigenvalue weighted by Crippen LogP contribution is -2.20. The fourth-order valence-corrected chi connectivity index (χ4v) is 2.17. The maximum absolute atomic E-state index is 11.2. The van der Waals surface area contributed by atoms with Gasteiger partial charge in [0.2, 0.25) is 5.91 Å². The van der Waals surface area contributed by atoms with Crippen LogP contribution in [0.5, 0.6) is 0 Å². The fourth-order valence-electron chi connectivity index (χ4n) is 1.42. The zero-order valence-corrected chi connectivity index (χ0v) is 11.7. The molecule has 1 amide bonds. The molecule has 21 heavy (non-hydrogen) atoms. The molecule has 0 fully saturated rings. The minimum atomic E-state index is -4.03. The Morgan fingerprint density at radius 2 is 1.76 bits per heavy atom. The molecule has 0 aromatic heterocycles. The molecule has 9 heteroatoms. The largest absolute Gasteiger partial charge is 0.478 e. The summed E-state index contributed by atoms with van der Waals surface area (Å²) in [5, 5.41) is 10.8. The van der Waals surface area contributed by atoms with Crippen molar-refractivity contribution >= 4 is 19.4 Å². The maximum atomic E-state index is 11.2. The molecule has 8 nitrogen and oxygen atoms in total. The SMILES string of the molecule is O=NP(=O)(O)Cc1ccc(CNC(=O)/C=C\C(=O)O)cc1. The van der Waals surface area contributed by atoms with E-state index in [4.69, 9.17) is 10.00 Å². The van der Waals surface area contributed by atoms with Crippen LogP contribution >= 0.6 is 7.52 Å². The molecule has 1 atom stereocenters. The predicted octanol–water partition coefficient (Wildman–Crippen LogP) is 1.40. The summed E-state index contributed by atoms with van der Waals surface area (Å²) in [6.45, 7) is 0.172. The number of rotatable bonds is 7. The Morgan fingerprint density at radius 1 is 1.19 bits per heavy atom. The Morgan fingerprint density at radius 3 is 2.29 bits per heavy atom. The molecule has 112 valence electrons. The summed E-state index contributed by atoms with van der Waals surface area (Å²) >= 11 is 0. The average molecular weight is 312 g/mol. The molecule has 1 rings (SSSR count). The van der Waals surface area contributed by atoms with E-state index in [1.165, 1.54) is 0 Å². The van der Waals surface area contributed by atoms with Gasteiger partial charge in [-0.05, 0) is 11.1 Å². The van der Waals surface area contributed by atoms with Gasteiger partial charge in [0.1, 0.15) is 0 Å². The normalized spacial score (nSPS) is 13.6. The second kappa shape index (κ2) is 7.47. The first-order valence-corrected chi connectivity index (χ1v) is 7.55. The van der Waals surface area contributed by atoms with Crippen LogP contribution < -0.4 is 5.32 Å². The molecular weight excluding hydrogens is 299 g/mol. The third-order valence-corrected chi connectivity index (χ3v) is 3.42. The van der Waals surface area contributed by atoms with Crippen molar-refractivity contribution in [1.29, 1.82) is 0 Å². The van der Waals surface area contributed by atoms with Gasteiger partial charge in [-0.3, -0.25) is 9.36 Å². The second-order valence-corrected chi connectivity index (χ2v) is 5.92. The van der Waals surface area contributed by atoms with Crippen molar-refractivity contribution in [2.75, 3.05) is 0 Å². The van der Waals surface area contributed by atoms with Crippen molar-refractivity contribution in [3.8, 4) is 0 Å². The van der Waals surface area contributed by atoms with Crippen molar-refractivity contribution in [3.05, 3.63) is 52.5 Å². The van der Waals surface area contributed by atoms with E-state index in [0.29, 0.717) is 11.1 Å². The molecule has 1 unspecified atom stereocenters. The van der Waals surface area contributed by atoms with Crippen LogP contribution in [0.15, 0.2) is 41.4 Å². The molecule has 0 saturated carbocycles. The first-order valence-electron chi connectivity index (χ1n) is 5.76. The lowest BCUT2D eigenvalue weighted by molar-refractivity contribution is -0.131. The van der Waals surface area contributed by atoms with Crippen LogP contribution in [-0.2, 0) is 26.9 Å². The number of nitrogens with one attached hydrogen (secondary N) is 1. The van der Waals surface area contributed by atoms with E-state index in [2.05, 4.69) is 10.3 Å². The molecule has 0 bridgehead atoms. The summed E-state index contributed by atoms with van der Waals surface area (Å²) in [7, 11) is -4.03. The Balaban J connectivity index is 2.55. The monoisotopic (exact) mass is 312 g/mol. The van der Waals surface area contributed by atoms with E-state index in [-0.39, 0.29) is 12.7 Å². The predicted molar refractivity (Wildman–Crippen MR) is 74.4 cm³/mol. The van der Waals surface area contributed by atoms with Crippen molar-refractivity contribution in [3.63, 3.8) is 0 Å². The summed E-state index contributed by atoms with van der Waals surface area (Å²) < 4.78 is 11.1. The van der Waals surface area contributed by atoms with Gasteiger partial charge in [-0.25, -0.2) is 4.79 Å². The topological polar surface area (TPSA) is 133 Å². The molecule has 0 aliphatic carbocycles. The van der Waals surface area contributed by atoms with Crippen LogP contribution in [0.3, 0.4) is 0 Å². The highest BCUT2D eigenvalue weighted by atomic mass is 31.2. The number of nitroso groups, excluding NO2 is 1. The first kappa shape index (κ1) is 16.7. The van der Waals surface area contributed by atoms with Gasteiger partial charge in [-0.15, -0.1) is 4.91 Å². The van der Waals surface area contributed by atoms with E-state index in [1.54, 1.807) is 24.3 Å². The molecule has 0 spiro atoms. The number of aliphatic carboxylic acids is 1. The summed E-state index contributed by atoms with van der Waals surface area (Å²) in [5.41, 5.74) is 1.18. The molecular formula is C12H13N2O6P. The summed E-state index contributed by atoms with van der Waals surface area (Å²) in [6.07, 6.45) is 1.28. The number of nitrogens with zero attached hydrogens (tertiary/aromatic N) is 1. The number of benzene rings is 1. The van der Waals surface area contributed by atoms with Crippen molar-refractivity contribution < 1.29 is 24.2 Å². The molecule has 0 saturated heterocycles. The third-order valence-electron chi connectivity index (χ3n) is 2.38. The number of carbonyl (C=O) groups excluding carboxylic acids is 1. The lowest BCUT2D eigenvalue weighted by atomic mass is 10.1. The van der Waals surface area contributed by atoms with Crippen molar-refractivity contribution in [2.24, 2.45) is 4.95 Å². The Labute approximate surface area is 120 Å². The number of hydrogen-bond donors (Lipinski definition) is 3. The van der Waals surface area contributed by atoms with E-state index < -0.39 is 19.4 Å². The zero-order chi connectivity index (χ0) is 15.9. The van der Waals surface area contributed by atoms with Gasteiger partial charge in [0.15, 0.2) is 0 Å². The van der Waals surface area contributed by atoms with E-state index in [9.17, 15) is 19.1 Å². The highest BCUT2D eigenvalue weighted by molar-refractivity contribution is 7.55. The minimum absolute atomic E-state index is 0.172. The molecule has 1 aromatic carbocycles. The third kappa shape index (κ3) is 6.60. The van der Waals surface area contributed by atoms with E-state index in [0.717, 1.165) is 12.2 Å². The quantitative estimate of drug-likeness (QED) is 0.396. The van der Waals surface area contributed by atoms with Crippen molar-refractivity contribution in [1.82, 2.24) is 5.32 Å². The van der Waals surface area contributed by atoms with Gasteiger partial charge in [0.25, 0.3) is 0 Å². The number of carboxylic acid groups (broad SMARTS) is 1. The molecule has 3 N–H and O–H groups in total. The van der Waals surface area contributed by atoms with Gasteiger partial charge >= 0.3 is 13.5 Å². The fraction of sp³-hybridized carbons (Fsp3) is 0.167. The number of amides is 1. The molecule has 0 aliphatic rings. The van der Waals surface area contributed by atoms with Gasteiger partial charge in [-0.1, -0.05) is 24.3 Å². The summed E-state index contributed by atoms with van der Waals surface area (Å²) in [5.74, 6) is -1.77. The number of hydrogen-bond acceptors (Lipinski definition) is 4. The van der Waals surface area contributed by atoms with Crippen LogP contribution in [0.2, 0.25) is 0 Å². The Kier molecular flexibility index (Phi) is 5.95. The molecule has 0 heterocycles. The van der Waals surface area contributed by atoms with E-state index >= 15 is 0 Å². The van der Waals surface area contributed by atoms with Gasteiger partial charge in [-0.2, -0.15) is 0 Å². The Hall–Kier alpha value is -2.31. The van der Waals surface area contributed by atoms with Crippen molar-refractivity contribution in [2.45, 2.75) is 12.7 Å². The summed E-state index contributed by atoms with van der Waals surface area (Å²) in [6, 6.07) is 6.31. The van der Waals surface area contributed by atoms with Crippen LogP contribution in [0.25, 0.3) is 0 Å². The minimum Gasteiger partial charge on any atom is -0.478 e. The Bertz CT molecular complexity index is 611. The maximum Gasteiger partial charge on any atom is 0.354 e. The molecule has 1 aromatic rings. The second-order valence-electron chi connectivity index (χ2n) is 4.11. The van der Waals surface area contributed by atoms with Crippen LogP contribution in [0.4, 0.5) is 0 Å². The smallest absolute Gasteiger partial charge is 0.354 e. The van der Waals surface area contributed by atoms with Gasteiger partial charge in [0, 0.05) is 23.6 Å². The average Bonchev–Trinajstić information content (AvgIpc) is 2.44. The van der Waals surface area contributed by atoms with Crippen LogP contribution in [0.1, 0.15) is 11.1 Å². The highest BCUT2D eigenvalue weighted by Gasteiger charge is 2.18. The zero-order valence-electron chi connectivity index (χ0n) is 10.8. The molecule has 0 radical (unpaired) electrons. The van der Waals surface area contributed by atoms with Gasteiger partial charge in [0.05, 0.1) is 6.16 Å².